The molecule has 8 heteroatoms. The van der Waals surface area contributed by atoms with Crippen LogP contribution in [0.5, 0.6) is 0 Å². The Morgan fingerprint density at radius 1 is 1.08 bits per heavy atom. The van der Waals surface area contributed by atoms with E-state index >= 15 is 0 Å². The summed E-state index contributed by atoms with van der Waals surface area (Å²) < 4.78 is 0. The molecule has 1 aromatic heterocycles. The zero-order valence-corrected chi connectivity index (χ0v) is 14.6. The highest BCUT2D eigenvalue weighted by molar-refractivity contribution is 7.08. The van der Waals surface area contributed by atoms with Gasteiger partial charge >= 0.3 is 6.03 Å². The molecule has 2 aromatic rings. The van der Waals surface area contributed by atoms with Crippen molar-refractivity contribution in [1.82, 2.24) is 10.6 Å². The number of hydrogen-bond donors (Lipinski definition) is 4. The molecule has 0 aliphatic carbocycles. The van der Waals surface area contributed by atoms with Crippen molar-refractivity contribution in [2.75, 3.05) is 24.2 Å². The molecule has 25 heavy (non-hydrogen) atoms. The van der Waals surface area contributed by atoms with Crippen LogP contribution in [0.4, 0.5) is 16.2 Å². The van der Waals surface area contributed by atoms with Crippen molar-refractivity contribution < 1.29 is 14.4 Å². The molecule has 0 fully saturated rings. The van der Waals surface area contributed by atoms with Gasteiger partial charge in [-0.05, 0) is 36.1 Å². The molecule has 2 rings (SSSR count). The summed E-state index contributed by atoms with van der Waals surface area (Å²) >= 11 is 1.46. The van der Waals surface area contributed by atoms with E-state index in [0.29, 0.717) is 29.9 Å². The number of thiophene rings is 1. The molecule has 0 atom stereocenters. The number of nitrogens with one attached hydrogen (secondary N) is 4. The van der Waals surface area contributed by atoms with Crippen molar-refractivity contribution >= 4 is 40.6 Å². The second-order valence-electron chi connectivity index (χ2n) is 5.20. The number of benzene rings is 1. The van der Waals surface area contributed by atoms with E-state index in [1.54, 1.807) is 35.7 Å². The first-order valence-electron chi connectivity index (χ1n) is 7.77. The van der Waals surface area contributed by atoms with Crippen LogP contribution in [0, 0.1) is 0 Å². The summed E-state index contributed by atoms with van der Waals surface area (Å²) in [5, 5.41) is 14.3. The molecule has 0 saturated heterocycles. The molecule has 0 aliphatic heterocycles. The first-order valence-corrected chi connectivity index (χ1v) is 8.72. The first-order chi connectivity index (χ1) is 12.1. The minimum atomic E-state index is -0.329. The van der Waals surface area contributed by atoms with Crippen molar-refractivity contribution in [3.63, 3.8) is 0 Å². The van der Waals surface area contributed by atoms with Gasteiger partial charge in [0.05, 0.1) is 0 Å². The fourth-order valence-corrected chi connectivity index (χ4v) is 2.67. The number of amides is 4. The summed E-state index contributed by atoms with van der Waals surface area (Å²) in [5.41, 5.74) is 1.82. The Hall–Kier alpha value is -2.87. The van der Waals surface area contributed by atoms with Crippen molar-refractivity contribution in [2.45, 2.75) is 12.8 Å². The molecule has 0 spiro atoms. The lowest BCUT2D eigenvalue weighted by atomic mass is 10.2. The van der Waals surface area contributed by atoms with Crippen LogP contribution >= 0.6 is 11.3 Å². The molecule has 1 aromatic carbocycles. The molecule has 4 amide bonds. The molecular formula is C17H20N4O3S. The minimum absolute atomic E-state index is 0.130. The summed E-state index contributed by atoms with van der Waals surface area (Å²) in [5.74, 6) is -0.281. The van der Waals surface area contributed by atoms with Crippen LogP contribution in [0.15, 0.2) is 41.1 Å². The fourth-order valence-electron chi connectivity index (χ4n) is 2.04. The summed E-state index contributed by atoms with van der Waals surface area (Å²) in [7, 11) is 1.53. The van der Waals surface area contributed by atoms with Crippen LogP contribution in [-0.4, -0.2) is 31.4 Å². The van der Waals surface area contributed by atoms with E-state index in [9.17, 15) is 14.4 Å². The molecule has 0 saturated carbocycles. The quantitative estimate of drug-likeness (QED) is 0.571. The maximum Gasteiger partial charge on any atom is 0.318 e. The Balaban J connectivity index is 1.72. The number of carbonyl (C=O) groups is 3. The molecule has 132 valence electrons. The molecule has 0 radical (unpaired) electrons. The van der Waals surface area contributed by atoms with Gasteiger partial charge in [0.15, 0.2) is 0 Å². The summed E-state index contributed by atoms with van der Waals surface area (Å²) in [6.07, 6.45) is 0.828. The number of carbonyl (C=O) groups excluding carboxylic acids is 3. The minimum Gasteiger partial charge on any atom is -0.352 e. The predicted molar refractivity (Wildman–Crippen MR) is 99.0 cm³/mol. The smallest absolute Gasteiger partial charge is 0.318 e. The highest BCUT2D eigenvalue weighted by Gasteiger charge is 2.07. The van der Waals surface area contributed by atoms with Crippen LogP contribution in [0.1, 0.15) is 23.2 Å². The Bertz CT molecular complexity index is 731. The van der Waals surface area contributed by atoms with Gasteiger partial charge in [-0.3, -0.25) is 9.59 Å². The van der Waals surface area contributed by atoms with Gasteiger partial charge in [-0.1, -0.05) is 6.07 Å². The number of anilines is 2. The van der Waals surface area contributed by atoms with Crippen LogP contribution in [0.3, 0.4) is 0 Å². The summed E-state index contributed by atoms with van der Waals surface area (Å²) in [6.45, 7) is 0.431. The fraction of sp³-hybridized carbons (Fsp3) is 0.235. The summed E-state index contributed by atoms with van der Waals surface area (Å²) in [6, 6.07) is 8.31. The SMILES string of the molecule is CNC(=O)Nc1cccc(NC(=O)CCCNC(=O)c2ccsc2)c1. The van der Waals surface area contributed by atoms with Gasteiger partial charge in [0, 0.05) is 42.3 Å². The van der Waals surface area contributed by atoms with E-state index in [1.807, 2.05) is 5.38 Å². The molecule has 4 N–H and O–H groups in total. The van der Waals surface area contributed by atoms with Crippen molar-refractivity contribution in [2.24, 2.45) is 0 Å². The highest BCUT2D eigenvalue weighted by atomic mass is 32.1. The van der Waals surface area contributed by atoms with E-state index in [2.05, 4.69) is 21.3 Å². The van der Waals surface area contributed by atoms with Gasteiger partial charge in [-0.25, -0.2) is 4.79 Å². The third kappa shape index (κ3) is 6.27. The predicted octanol–water partition coefficient (Wildman–Crippen LogP) is 2.65. The molecule has 1 heterocycles. The largest absolute Gasteiger partial charge is 0.352 e. The number of urea groups is 1. The third-order valence-electron chi connectivity index (χ3n) is 3.28. The lowest BCUT2D eigenvalue weighted by Gasteiger charge is -2.09. The highest BCUT2D eigenvalue weighted by Crippen LogP contribution is 2.15. The van der Waals surface area contributed by atoms with Gasteiger partial charge < -0.3 is 21.3 Å². The Morgan fingerprint density at radius 3 is 2.52 bits per heavy atom. The maximum absolute atomic E-state index is 12.0. The van der Waals surface area contributed by atoms with Crippen molar-refractivity contribution in [1.29, 1.82) is 0 Å². The van der Waals surface area contributed by atoms with Gasteiger partial charge in [0.1, 0.15) is 0 Å². The average molecular weight is 360 g/mol. The lowest BCUT2D eigenvalue weighted by Crippen LogP contribution is -2.25. The average Bonchev–Trinajstić information content (AvgIpc) is 3.13. The van der Waals surface area contributed by atoms with Crippen LogP contribution in [0.2, 0.25) is 0 Å². The van der Waals surface area contributed by atoms with Gasteiger partial charge in [0.25, 0.3) is 5.91 Å². The van der Waals surface area contributed by atoms with Gasteiger partial charge in [-0.15, -0.1) is 0 Å². The third-order valence-corrected chi connectivity index (χ3v) is 3.96. The Morgan fingerprint density at radius 2 is 1.84 bits per heavy atom. The normalized spacial score (nSPS) is 9.96. The lowest BCUT2D eigenvalue weighted by molar-refractivity contribution is -0.116. The van der Waals surface area contributed by atoms with E-state index in [0.717, 1.165) is 0 Å². The second kappa shape index (κ2) is 9.43. The van der Waals surface area contributed by atoms with E-state index in [1.165, 1.54) is 18.4 Å². The van der Waals surface area contributed by atoms with Crippen LogP contribution < -0.4 is 21.3 Å². The van der Waals surface area contributed by atoms with E-state index in [-0.39, 0.29) is 24.3 Å². The van der Waals surface area contributed by atoms with Crippen molar-refractivity contribution in [3.05, 3.63) is 46.7 Å². The molecule has 0 unspecified atom stereocenters. The first kappa shape index (κ1) is 18.5. The van der Waals surface area contributed by atoms with E-state index in [4.69, 9.17) is 0 Å². The topological polar surface area (TPSA) is 99.3 Å². The van der Waals surface area contributed by atoms with E-state index < -0.39 is 0 Å². The summed E-state index contributed by atoms with van der Waals surface area (Å²) in [4.78, 5) is 35.0. The Labute approximate surface area is 149 Å². The molecular weight excluding hydrogens is 340 g/mol. The number of hydrogen-bond acceptors (Lipinski definition) is 4. The molecule has 7 nitrogen and oxygen atoms in total. The standard InChI is InChI=1S/C17H20N4O3S/c1-18-17(24)21-14-5-2-4-13(10-14)20-15(22)6-3-8-19-16(23)12-7-9-25-11-12/h2,4-5,7,9-11H,3,6,8H2,1H3,(H,19,23)(H,20,22)(H2,18,21,24). The Kier molecular flexibility index (Phi) is 6.97. The molecule has 0 aliphatic rings. The van der Waals surface area contributed by atoms with Gasteiger partial charge in [-0.2, -0.15) is 11.3 Å². The zero-order valence-electron chi connectivity index (χ0n) is 13.8. The molecule has 0 bridgehead atoms. The zero-order chi connectivity index (χ0) is 18.1. The van der Waals surface area contributed by atoms with Crippen LogP contribution in [-0.2, 0) is 4.79 Å². The van der Waals surface area contributed by atoms with Crippen molar-refractivity contribution in [3.8, 4) is 0 Å². The monoisotopic (exact) mass is 360 g/mol. The van der Waals surface area contributed by atoms with Crippen LogP contribution in [0.25, 0.3) is 0 Å². The van der Waals surface area contributed by atoms with Gasteiger partial charge in [0.2, 0.25) is 5.91 Å². The second-order valence-corrected chi connectivity index (χ2v) is 5.98. The maximum atomic E-state index is 12.0. The number of rotatable bonds is 7.